The Hall–Kier alpha value is -3.35. The summed E-state index contributed by atoms with van der Waals surface area (Å²) in [4.78, 5) is 43.2. The van der Waals surface area contributed by atoms with Gasteiger partial charge in [-0.05, 0) is 57.1 Å². The van der Waals surface area contributed by atoms with E-state index in [0.717, 1.165) is 60.6 Å². The molecule has 1 aliphatic carbocycles. The molecular weight excluding hydrogens is 414 g/mol. The first-order chi connectivity index (χ1) is 15.9. The van der Waals surface area contributed by atoms with Crippen LogP contribution in [-0.2, 0) is 23.1 Å². The predicted molar refractivity (Wildman–Crippen MR) is 126 cm³/mol. The van der Waals surface area contributed by atoms with Crippen molar-refractivity contribution in [3.05, 3.63) is 75.2 Å². The number of amides is 1. The SMILES string of the molecule is Cc1nc(=O)[nH]c(C)c1CCC(=O)N1CCCC2(CCc3cnc(-c4ccccc4)nc32)C1. The highest BCUT2D eigenvalue weighted by Crippen LogP contribution is 2.44. The average molecular weight is 444 g/mol. The smallest absolute Gasteiger partial charge is 0.342 e. The maximum atomic E-state index is 13.2. The van der Waals surface area contributed by atoms with Crippen LogP contribution in [0.25, 0.3) is 11.4 Å². The summed E-state index contributed by atoms with van der Waals surface area (Å²) >= 11 is 0. The Bertz CT molecular complexity index is 1220. The summed E-state index contributed by atoms with van der Waals surface area (Å²) in [6, 6.07) is 10.1. The largest absolute Gasteiger partial charge is 0.345 e. The number of nitrogens with zero attached hydrogens (tertiary/aromatic N) is 4. The molecule has 0 saturated carbocycles. The van der Waals surface area contributed by atoms with Crippen molar-refractivity contribution in [2.75, 3.05) is 13.1 Å². The third-order valence-electron chi connectivity index (χ3n) is 7.24. The van der Waals surface area contributed by atoms with Gasteiger partial charge in [0.15, 0.2) is 5.82 Å². The number of benzene rings is 1. The van der Waals surface area contributed by atoms with E-state index in [1.54, 1.807) is 0 Å². The Balaban J connectivity index is 1.34. The number of aromatic nitrogens is 4. The zero-order valence-corrected chi connectivity index (χ0v) is 19.2. The van der Waals surface area contributed by atoms with Gasteiger partial charge in [0.25, 0.3) is 0 Å². The lowest BCUT2D eigenvalue weighted by Crippen LogP contribution is -2.48. The van der Waals surface area contributed by atoms with Gasteiger partial charge in [-0.25, -0.2) is 14.8 Å². The Kier molecular flexibility index (Phi) is 5.56. The summed E-state index contributed by atoms with van der Waals surface area (Å²) < 4.78 is 0. The first-order valence-electron chi connectivity index (χ1n) is 11.7. The van der Waals surface area contributed by atoms with Crippen LogP contribution < -0.4 is 5.69 Å². The van der Waals surface area contributed by atoms with Crippen LogP contribution in [0.5, 0.6) is 0 Å². The van der Waals surface area contributed by atoms with E-state index < -0.39 is 0 Å². The molecule has 2 aliphatic rings. The van der Waals surface area contributed by atoms with Gasteiger partial charge >= 0.3 is 5.69 Å². The summed E-state index contributed by atoms with van der Waals surface area (Å²) in [5.74, 6) is 0.917. The number of piperidine rings is 1. The Morgan fingerprint density at radius 2 is 1.97 bits per heavy atom. The van der Waals surface area contributed by atoms with Gasteiger partial charge in [0.05, 0.1) is 5.69 Å². The fourth-order valence-corrected chi connectivity index (χ4v) is 5.52. The molecule has 1 fully saturated rings. The molecule has 1 atom stereocenters. The summed E-state index contributed by atoms with van der Waals surface area (Å²) in [5.41, 5.74) is 5.41. The zero-order valence-electron chi connectivity index (χ0n) is 19.2. The fourth-order valence-electron chi connectivity index (χ4n) is 5.52. The molecule has 1 aliphatic heterocycles. The summed E-state index contributed by atoms with van der Waals surface area (Å²) in [6.07, 6.45) is 6.99. The molecule has 1 saturated heterocycles. The number of aromatic amines is 1. The molecule has 0 radical (unpaired) electrons. The van der Waals surface area contributed by atoms with Crippen LogP contribution in [0.2, 0.25) is 0 Å². The van der Waals surface area contributed by atoms with Gasteiger partial charge < -0.3 is 9.88 Å². The zero-order chi connectivity index (χ0) is 23.0. The summed E-state index contributed by atoms with van der Waals surface area (Å²) in [6.45, 7) is 5.20. The lowest BCUT2D eigenvalue weighted by molar-refractivity contribution is -0.133. The van der Waals surface area contributed by atoms with E-state index in [2.05, 4.69) is 15.0 Å². The van der Waals surface area contributed by atoms with Crippen LogP contribution in [0.3, 0.4) is 0 Å². The second-order valence-electron chi connectivity index (χ2n) is 9.36. The molecule has 7 nitrogen and oxygen atoms in total. The number of H-pyrrole nitrogens is 1. The van der Waals surface area contributed by atoms with Gasteiger partial charge in [-0.1, -0.05) is 30.3 Å². The van der Waals surface area contributed by atoms with Crippen LogP contribution >= 0.6 is 0 Å². The summed E-state index contributed by atoms with van der Waals surface area (Å²) in [7, 11) is 0. The van der Waals surface area contributed by atoms with E-state index >= 15 is 0 Å². The molecule has 1 spiro atoms. The van der Waals surface area contributed by atoms with Crippen molar-refractivity contribution in [2.24, 2.45) is 0 Å². The van der Waals surface area contributed by atoms with Gasteiger partial charge in [-0.15, -0.1) is 0 Å². The number of carbonyl (C=O) groups is 1. The Morgan fingerprint density at radius 3 is 2.76 bits per heavy atom. The van der Waals surface area contributed by atoms with Crippen LogP contribution in [-0.4, -0.2) is 43.8 Å². The molecule has 0 bridgehead atoms. The lowest BCUT2D eigenvalue weighted by Gasteiger charge is -2.40. The number of carbonyl (C=O) groups excluding carboxylic acids is 1. The van der Waals surface area contributed by atoms with Crippen molar-refractivity contribution in [1.82, 2.24) is 24.8 Å². The van der Waals surface area contributed by atoms with E-state index in [-0.39, 0.29) is 17.0 Å². The van der Waals surface area contributed by atoms with Gasteiger partial charge in [-0.3, -0.25) is 4.79 Å². The standard InChI is InChI=1S/C26H29N5O2/c1-17-21(18(2)29-25(33)28-17)9-10-22(32)31-14-6-12-26(16-31)13-11-20-15-27-24(30-23(20)26)19-7-4-3-5-8-19/h3-5,7-8,15H,6,9-14,16H2,1-2H3,(H,28,29,33). The monoisotopic (exact) mass is 443 g/mol. The molecule has 5 rings (SSSR count). The number of likely N-dealkylation sites (tertiary alicyclic amines) is 1. The van der Waals surface area contributed by atoms with Crippen molar-refractivity contribution in [3.8, 4) is 11.4 Å². The predicted octanol–water partition coefficient (Wildman–Crippen LogP) is 3.28. The van der Waals surface area contributed by atoms with E-state index in [4.69, 9.17) is 4.98 Å². The molecule has 33 heavy (non-hydrogen) atoms. The molecule has 7 heteroatoms. The molecule has 2 aromatic heterocycles. The number of hydrogen-bond acceptors (Lipinski definition) is 5. The third-order valence-corrected chi connectivity index (χ3v) is 7.24. The molecule has 1 unspecified atom stereocenters. The average Bonchev–Trinajstić information content (AvgIpc) is 3.15. The fraction of sp³-hybridized carbons (Fsp3) is 0.423. The van der Waals surface area contributed by atoms with Crippen molar-refractivity contribution in [3.63, 3.8) is 0 Å². The second-order valence-corrected chi connectivity index (χ2v) is 9.36. The minimum atomic E-state index is -0.338. The number of nitrogens with one attached hydrogen (secondary N) is 1. The molecule has 3 heterocycles. The second kappa shape index (κ2) is 8.54. The van der Waals surface area contributed by atoms with Gasteiger partial charge in [0, 0.05) is 48.1 Å². The molecule has 1 aromatic carbocycles. The molecule has 3 aromatic rings. The normalized spacial score (nSPS) is 19.6. The maximum Gasteiger partial charge on any atom is 0.345 e. The Morgan fingerprint density at radius 1 is 1.15 bits per heavy atom. The number of rotatable bonds is 4. The van der Waals surface area contributed by atoms with E-state index in [0.29, 0.717) is 25.1 Å². The maximum absolute atomic E-state index is 13.2. The third kappa shape index (κ3) is 4.08. The highest BCUT2D eigenvalue weighted by molar-refractivity contribution is 5.77. The minimum absolute atomic E-state index is 0.0823. The van der Waals surface area contributed by atoms with Crippen molar-refractivity contribution < 1.29 is 4.79 Å². The van der Waals surface area contributed by atoms with Crippen LogP contribution in [0.4, 0.5) is 0 Å². The van der Waals surface area contributed by atoms with Gasteiger partial charge in [0.2, 0.25) is 5.91 Å². The number of fused-ring (bicyclic) bond motifs is 2. The van der Waals surface area contributed by atoms with Crippen LogP contribution in [0.15, 0.2) is 41.3 Å². The number of hydrogen-bond donors (Lipinski definition) is 1. The van der Waals surface area contributed by atoms with Crippen molar-refractivity contribution >= 4 is 5.91 Å². The van der Waals surface area contributed by atoms with Crippen molar-refractivity contribution in [1.29, 1.82) is 0 Å². The number of aryl methyl sites for hydroxylation is 3. The highest BCUT2D eigenvalue weighted by Gasteiger charge is 2.44. The first-order valence-corrected chi connectivity index (χ1v) is 11.7. The Labute approximate surface area is 193 Å². The van der Waals surface area contributed by atoms with Gasteiger partial charge in [-0.2, -0.15) is 4.98 Å². The molecular formula is C26H29N5O2. The lowest BCUT2D eigenvalue weighted by atomic mass is 9.77. The summed E-state index contributed by atoms with van der Waals surface area (Å²) in [5, 5.41) is 0. The van der Waals surface area contributed by atoms with Crippen LogP contribution in [0.1, 0.15) is 53.9 Å². The highest BCUT2D eigenvalue weighted by atomic mass is 16.2. The van der Waals surface area contributed by atoms with Gasteiger partial charge in [0.1, 0.15) is 0 Å². The minimum Gasteiger partial charge on any atom is -0.342 e. The molecule has 1 N–H and O–H groups in total. The van der Waals surface area contributed by atoms with E-state index in [9.17, 15) is 9.59 Å². The quantitative estimate of drug-likeness (QED) is 0.668. The molecule has 1 amide bonds. The topological polar surface area (TPSA) is 91.8 Å². The first kappa shape index (κ1) is 21.5. The van der Waals surface area contributed by atoms with E-state index in [1.165, 1.54) is 5.56 Å². The molecule has 170 valence electrons. The van der Waals surface area contributed by atoms with Crippen LogP contribution in [0, 0.1) is 13.8 Å². The van der Waals surface area contributed by atoms with Crippen molar-refractivity contribution in [2.45, 2.75) is 57.8 Å². The van der Waals surface area contributed by atoms with E-state index in [1.807, 2.05) is 55.3 Å².